The Bertz CT molecular complexity index is 1270. The summed E-state index contributed by atoms with van der Waals surface area (Å²) in [5.74, 6) is 0.280. The van der Waals surface area contributed by atoms with Crippen LogP contribution in [-0.2, 0) is 4.79 Å². The summed E-state index contributed by atoms with van der Waals surface area (Å²) in [6.07, 6.45) is 1.47. The molecule has 0 radical (unpaired) electrons. The van der Waals surface area contributed by atoms with Crippen molar-refractivity contribution in [2.45, 2.75) is 26.7 Å². The fraction of sp³-hybridized carbons (Fsp3) is 0.238. The minimum absolute atomic E-state index is 0.0502. The molecule has 0 fully saturated rings. The summed E-state index contributed by atoms with van der Waals surface area (Å²) in [6, 6.07) is 6.94. The molecule has 0 aliphatic rings. The van der Waals surface area contributed by atoms with Gasteiger partial charge in [-0.2, -0.15) is 9.78 Å². The first kappa shape index (κ1) is 23.4. The Hall–Kier alpha value is -2.23. The zero-order valence-corrected chi connectivity index (χ0v) is 21.0. The Kier molecular flexibility index (Phi) is 7.18. The number of hydrogen-bond acceptors (Lipinski definition) is 6. The van der Waals surface area contributed by atoms with Crippen LogP contribution in [0.5, 0.6) is 11.5 Å². The van der Waals surface area contributed by atoms with Gasteiger partial charge in [-0.05, 0) is 40.2 Å². The Morgan fingerprint density at radius 2 is 2.00 bits per heavy atom. The Labute approximate surface area is 200 Å². The van der Waals surface area contributed by atoms with E-state index in [0.29, 0.717) is 26.8 Å². The van der Waals surface area contributed by atoms with Crippen LogP contribution < -0.4 is 15.0 Å². The average Bonchev–Trinajstić information content (AvgIpc) is 2.71. The molecule has 7 nitrogen and oxygen atoms in total. The highest BCUT2D eigenvalue weighted by Gasteiger charge is 2.19. The first-order chi connectivity index (χ1) is 14.6. The molecule has 0 aliphatic carbocycles. The van der Waals surface area contributed by atoms with Crippen LogP contribution in [0.25, 0.3) is 10.9 Å². The topological polar surface area (TPSA) is 82.8 Å². The largest absolute Gasteiger partial charge is 0.493 e. The second-order valence-electron chi connectivity index (χ2n) is 6.87. The van der Waals surface area contributed by atoms with Gasteiger partial charge in [0.2, 0.25) is 0 Å². The summed E-state index contributed by atoms with van der Waals surface area (Å²) >= 11 is 13.1. The number of ether oxygens (including phenoxy) is 2. The van der Waals surface area contributed by atoms with Gasteiger partial charge >= 0.3 is 5.97 Å². The maximum atomic E-state index is 13.1. The van der Waals surface area contributed by atoms with E-state index in [1.807, 2.05) is 19.9 Å². The highest BCUT2D eigenvalue weighted by Crippen LogP contribution is 2.42. The van der Waals surface area contributed by atoms with Gasteiger partial charge in [0.05, 0.1) is 24.2 Å². The number of halogens is 3. The minimum Gasteiger partial charge on any atom is -0.493 e. The van der Waals surface area contributed by atoms with E-state index < -0.39 is 5.97 Å². The lowest BCUT2D eigenvalue weighted by molar-refractivity contribution is -0.132. The van der Waals surface area contributed by atoms with Crippen molar-refractivity contribution >= 4 is 66.5 Å². The summed E-state index contributed by atoms with van der Waals surface area (Å²) in [7, 11) is 1.43. The molecular formula is C21H18Br2ClN3O4. The number of fused-ring (bicyclic) bond motifs is 1. The van der Waals surface area contributed by atoms with E-state index in [0.717, 1.165) is 4.47 Å². The third-order valence-electron chi connectivity index (χ3n) is 4.28. The van der Waals surface area contributed by atoms with Gasteiger partial charge in [0.15, 0.2) is 11.5 Å². The number of nitrogens with zero attached hydrogens (tertiary/aromatic N) is 3. The molecule has 2 aromatic carbocycles. The number of methoxy groups -OCH3 is 1. The van der Waals surface area contributed by atoms with Crippen LogP contribution in [0.4, 0.5) is 0 Å². The molecule has 0 atom stereocenters. The number of benzene rings is 2. The van der Waals surface area contributed by atoms with Crippen molar-refractivity contribution in [3.63, 3.8) is 0 Å². The van der Waals surface area contributed by atoms with Gasteiger partial charge in [0.25, 0.3) is 5.56 Å². The molecule has 10 heteroatoms. The number of esters is 1. The van der Waals surface area contributed by atoms with E-state index in [1.165, 1.54) is 24.9 Å². The number of aromatic nitrogens is 2. The first-order valence-corrected chi connectivity index (χ1v) is 11.1. The summed E-state index contributed by atoms with van der Waals surface area (Å²) in [6.45, 7) is 5.13. The van der Waals surface area contributed by atoms with Crippen molar-refractivity contribution in [2.75, 3.05) is 7.11 Å². The van der Waals surface area contributed by atoms with Crippen molar-refractivity contribution < 1.29 is 14.3 Å². The van der Waals surface area contributed by atoms with Gasteiger partial charge < -0.3 is 9.47 Å². The second kappa shape index (κ2) is 9.50. The van der Waals surface area contributed by atoms with Gasteiger partial charge in [-0.25, -0.2) is 4.98 Å². The van der Waals surface area contributed by atoms with Crippen LogP contribution in [0.1, 0.15) is 38.1 Å². The zero-order valence-electron chi connectivity index (χ0n) is 17.1. The van der Waals surface area contributed by atoms with Crippen molar-refractivity contribution in [2.24, 2.45) is 5.10 Å². The first-order valence-electron chi connectivity index (χ1n) is 9.15. The molecule has 0 N–H and O–H groups in total. The van der Waals surface area contributed by atoms with Crippen LogP contribution >= 0.6 is 43.5 Å². The summed E-state index contributed by atoms with van der Waals surface area (Å²) in [5.41, 5.74) is 0.825. The monoisotopic (exact) mass is 569 g/mol. The van der Waals surface area contributed by atoms with E-state index in [1.54, 1.807) is 18.2 Å². The van der Waals surface area contributed by atoms with Gasteiger partial charge in [-0.15, -0.1) is 0 Å². The highest BCUT2D eigenvalue weighted by molar-refractivity contribution is 9.10. The molecule has 0 aliphatic heterocycles. The van der Waals surface area contributed by atoms with Crippen LogP contribution in [0.2, 0.25) is 5.02 Å². The van der Waals surface area contributed by atoms with Gasteiger partial charge in [0, 0.05) is 27.4 Å². The van der Waals surface area contributed by atoms with Gasteiger partial charge in [-0.1, -0.05) is 41.4 Å². The van der Waals surface area contributed by atoms with Gasteiger partial charge in [0.1, 0.15) is 10.8 Å². The Morgan fingerprint density at radius 3 is 2.61 bits per heavy atom. The summed E-state index contributed by atoms with van der Waals surface area (Å²) in [5, 5.41) is 4.98. The average molecular weight is 572 g/mol. The van der Waals surface area contributed by atoms with E-state index in [-0.39, 0.29) is 28.0 Å². The van der Waals surface area contributed by atoms with Crippen molar-refractivity contribution in [1.82, 2.24) is 9.66 Å². The van der Waals surface area contributed by atoms with E-state index in [2.05, 4.69) is 41.9 Å². The normalized spacial score (nSPS) is 11.5. The number of rotatable bonds is 5. The molecule has 0 saturated heterocycles. The predicted molar refractivity (Wildman–Crippen MR) is 128 cm³/mol. The highest BCUT2D eigenvalue weighted by atomic mass is 79.9. The lowest BCUT2D eigenvalue weighted by Crippen LogP contribution is -2.23. The zero-order chi connectivity index (χ0) is 22.9. The third kappa shape index (κ3) is 4.83. The van der Waals surface area contributed by atoms with Crippen molar-refractivity contribution in [1.29, 1.82) is 0 Å². The van der Waals surface area contributed by atoms with Crippen LogP contribution in [0.15, 0.2) is 43.1 Å². The lowest BCUT2D eigenvalue weighted by Gasteiger charge is -2.14. The third-order valence-corrected chi connectivity index (χ3v) is 6.22. The standard InChI is InChI=1S/C21H18Br2ClN3O4/c1-10(2)20-26-15-6-5-13(22)8-14(15)21(29)27(20)25-9-12-7-16(30-4)19(31-11(3)28)18(24)17(12)23/h5-10H,1-4H3. The molecule has 0 spiro atoms. The molecule has 0 amide bonds. The molecule has 31 heavy (non-hydrogen) atoms. The fourth-order valence-electron chi connectivity index (χ4n) is 2.86. The smallest absolute Gasteiger partial charge is 0.308 e. The number of hydrogen-bond donors (Lipinski definition) is 0. The maximum Gasteiger partial charge on any atom is 0.308 e. The molecule has 0 unspecified atom stereocenters. The molecule has 162 valence electrons. The Morgan fingerprint density at radius 1 is 1.29 bits per heavy atom. The molecule has 1 aromatic heterocycles. The SMILES string of the molecule is COc1cc(C=Nn2c(C(C)C)nc3ccc(Br)cc3c2=O)c(Br)c(Cl)c1OC(C)=O. The van der Waals surface area contributed by atoms with Crippen molar-refractivity contribution in [3.8, 4) is 11.5 Å². The number of carbonyl (C=O) groups is 1. The molecule has 3 rings (SSSR count). The molecule has 3 aromatic rings. The molecular weight excluding hydrogens is 554 g/mol. The van der Waals surface area contributed by atoms with Crippen LogP contribution in [0.3, 0.4) is 0 Å². The fourth-order valence-corrected chi connectivity index (χ4v) is 3.86. The maximum absolute atomic E-state index is 13.1. The molecule has 0 bridgehead atoms. The second-order valence-corrected chi connectivity index (χ2v) is 8.95. The minimum atomic E-state index is -0.532. The number of carbonyl (C=O) groups excluding carboxylic acids is 1. The summed E-state index contributed by atoms with van der Waals surface area (Å²) < 4.78 is 12.9. The van der Waals surface area contributed by atoms with E-state index >= 15 is 0 Å². The molecule has 0 saturated carbocycles. The Balaban J connectivity index is 2.18. The van der Waals surface area contributed by atoms with Crippen LogP contribution in [0, 0.1) is 0 Å². The van der Waals surface area contributed by atoms with Crippen molar-refractivity contribution in [3.05, 3.63) is 60.0 Å². The van der Waals surface area contributed by atoms with E-state index in [4.69, 9.17) is 21.1 Å². The van der Waals surface area contributed by atoms with E-state index in [9.17, 15) is 9.59 Å². The summed E-state index contributed by atoms with van der Waals surface area (Å²) in [4.78, 5) is 29.1. The quantitative estimate of drug-likeness (QED) is 0.229. The lowest BCUT2D eigenvalue weighted by atomic mass is 10.2. The van der Waals surface area contributed by atoms with Crippen LogP contribution in [-0.4, -0.2) is 29.0 Å². The van der Waals surface area contributed by atoms with Gasteiger partial charge in [-0.3, -0.25) is 9.59 Å². The predicted octanol–water partition coefficient (Wildman–Crippen LogP) is 5.51. The molecule has 1 heterocycles.